The second-order valence-electron chi connectivity index (χ2n) is 8.03. The molecule has 6 heteroatoms. The number of rotatable bonds is 3. The number of ether oxygens (including phenoxy) is 1. The first-order chi connectivity index (χ1) is 15.2. The van der Waals surface area contributed by atoms with Crippen LogP contribution >= 0.6 is 0 Å². The minimum Gasteiger partial charge on any atom is -0.497 e. The number of para-hydroxylation sites is 2. The van der Waals surface area contributed by atoms with Gasteiger partial charge >= 0.3 is 0 Å². The van der Waals surface area contributed by atoms with Crippen LogP contribution in [-0.2, 0) is 4.79 Å². The highest BCUT2D eigenvalue weighted by Gasteiger charge is 2.40. The summed E-state index contributed by atoms with van der Waals surface area (Å²) in [7, 11) is 1.66. The molecule has 2 aromatic heterocycles. The van der Waals surface area contributed by atoms with E-state index in [2.05, 4.69) is 9.88 Å². The number of benzene rings is 2. The lowest BCUT2D eigenvalue weighted by Crippen LogP contribution is -2.32. The van der Waals surface area contributed by atoms with Crippen LogP contribution in [0.3, 0.4) is 0 Å². The highest BCUT2D eigenvalue weighted by Crippen LogP contribution is 2.46. The van der Waals surface area contributed by atoms with Gasteiger partial charge in [-0.25, -0.2) is 4.98 Å². The summed E-state index contributed by atoms with van der Waals surface area (Å²) in [6.07, 6.45) is 2.86. The van der Waals surface area contributed by atoms with E-state index in [0.717, 1.165) is 51.7 Å². The summed E-state index contributed by atoms with van der Waals surface area (Å²) < 4.78 is 13.2. The molecule has 2 atom stereocenters. The molecule has 1 aliphatic heterocycles. The number of nitrogens with zero attached hydrogens (tertiary/aromatic N) is 2. The van der Waals surface area contributed by atoms with Gasteiger partial charge < -0.3 is 14.5 Å². The monoisotopic (exact) mass is 411 g/mol. The number of Topliss-reactive ketones (excluding diaryl/α,β-unsaturated/α-hetero) is 1. The number of furan rings is 1. The van der Waals surface area contributed by atoms with Gasteiger partial charge in [0.25, 0.3) is 0 Å². The van der Waals surface area contributed by atoms with Crippen LogP contribution in [-0.4, -0.2) is 22.4 Å². The first-order valence-electron chi connectivity index (χ1n) is 10.4. The predicted molar refractivity (Wildman–Crippen MR) is 117 cm³/mol. The van der Waals surface area contributed by atoms with Crippen molar-refractivity contribution >= 4 is 22.8 Å². The summed E-state index contributed by atoms with van der Waals surface area (Å²) in [6, 6.07) is 19.4. The van der Waals surface area contributed by atoms with Crippen molar-refractivity contribution in [1.82, 2.24) is 9.55 Å². The highest BCUT2D eigenvalue weighted by atomic mass is 16.5. The molecule has 0 spiro atoms. The maximum absolute atomic E-state index is 13.5. The molecule has 154 valence electrons. The van der Waals surface area contributed by atoms with Crippen LogP contribution in [0.5, 0.6) is 5.75 Å². The summed E-state index contributed by atoms with van der Waals surface area (Å²) in [4.78, 5) is 18.3. The Hall–Kier alpha value is -3.80. The minimum absolute atomic E-state index is 0.109. The third-order valence-electron chi connectivity index (χ3n) is 6.30. The van der Waals surface area contributed by atoms with E-state index in [4.69, 9.17) is 14.1 Å². The number of hydrogen-bond acceptors (Lipinski definition) is 5. The smallest absolute Gasteiger partial charge is 0.209 e. The second kappa shape index (κ2) is 6.87. The lowest BCUT2D eigenvalue weighted by molar-refractivity contribution is -0.116. The van der Waals surface area contributed by atoms with Crippen molar-refractivity contribution in [2.24, 2.45) is 0 Å². The zero-order valence-electron chi connectivity index (χ0n) is 17.0. The van der Waals surface area contributed by atoms with Crippen LogP contribution in [0.2, 0.25) is 0 Å². The molecule has 2 aliphatic rings. The Morgan fingerprint density at radius 2 is 1.90 bits per heavy atom. The van der Waals surface area contributed by atoms with Crippen molar-refractivity contribution in [2.45, 2.75) is 24.8 Å². The Labute approximate surface area is 179 Å². The zero-order valence-corrected chi connectivity index (χ0v) is 17.0. The first kappa shape index (κ1) is 18.0. The predicted octanol–water partition coefficient (Wildman–Crippen LogP) is 5.05. The normalized spacial score (nSPS) is 20.4. The van der Waals surface area contributed by atoms with Crippen molar-refractivity contribution in [3.05, 3.63) is 89.5 Å². The van der Waals surface area contributed by atoms with Gasteiger partial charge in [-0.15, -0.1) is 0 Å². The number of imidazole rings is 1. The summed E-state index contributed by atoms with van der Waals surface area (Å²) in [5, 5.41) is 3.48. The number of carbonyl (C=O) groups excluding carboxylic acids is 1. The number of anilines is 1. The van der Waals surface area contributed by atoms with Crippen LogP contribution in [0.1, 0.15) is 36.1 Å². The van der Waals surface area contributed by atoms with Gasteiger partial charge in [0, 0.05) is 17.7 Å². The molecule has 0 fully saturated rings. The Bertz CT molecular complexity index is 1320. The SMILES string of the molecule is COc1ccc([C@@H]2CC(=O)C3=C(C2)Nc2nc4ccccc4n2[C@@H]3c2ccco2)cc1. The van der Waals surface area contributed by atoms with Crippen LogP contribution < -0.4 is 10.1 Å². The molecule has 0 bridgehead atoms. The maximum atomic E-state index is 13.5. The van der Waals surface area contributed by atoms with E-state index in [-0.39, 0.29) is 17.7 Å². The third kappa shape index (κ3) is 2.79. The molecule has 3 heterocycles. The molecular weight excluding hydrogens is 390 g/mol. The molecule has 6 nitrogen and oxygen atoms in total. The lowest BCUT2D eigenvalue weighted by atomic mass is 9.78. The number of ketones is 1. The molecule has 4 aromatic rings. The minimum atomic E-state index is -0.321. The molecule has 6 rings (SSSR count). The molecule has 31 heavy (non-hydrogen) atoms. The van der Waals surface area contributed by atoms with E-state index in [1.165, 1.54) is 0 Å². The van der Waals surface area contributed by atoms with Crippen molar-refractivity contribution < 1.29 is 13.9 Å². The van der Waals surface area contributed by atoms with Crippen molar-refractivity contribution in [1.29, 1.82) is 0 Å². The van der Waals surface area contributed by atoms with Gasteiger partial charge in [-0.05, 0) is 54.3 Å². The molecule has 1 aliphatic carbocycles. The quantitative estimate of drug-likeness (QED) is 0.511. The van der Waals surface area contributed by atoms with Gasteiger partial charge in [0.05, 0.1) is 24.4 Å². The van der Waals surface area contributed by atoms with E-state index in [1.54, 1.807) is 13.4 Å². The highest BCUT2D eigenvalue weighted by molar-refractivity contribution is 6.00. The van der Waals surface area contributed by atoms with E-state index in [0.29, 0.717) is 6.42 Å². The number of methoxy groups -OCH3 is 1. The summed E-state index contributed by atoms with van der Waals surface area (Å²) in [5.74, 6) is 2.55. The van der Waals surface area contributed by atoms with Gasteiger partial charge in [-0.3, -0.25) is 9.36 Å². The summed E-state index contributed by atoms with van der Waals surface area (Å²) in [6.45, 7) is 0. The Balaban J connectivity index is 1.47. The summed E-state index contributed by atoms with van der Waals surface area (Å²) in [5.41, 5.74) is 4.70. The average molecular weight is 411 g/mol. The molecular formula is C25H21N3O3. The Kier molecular flexibility index (Phi) is 3.99. The fourth-order valence-corrected chi connectivity index (χ4v) is 4.85. The Morgan fingerprint density at radius 1 is 1.06 bits per heavy atom. The fraction of sp³-hybridized carbons (Fsp3) is 0.200. The fourth-order valence-electron chi connectivity index (χ4n) is 4.85. The molecule has 0 saturated heterocycles. The molecule has 2 aromatic carbocycles. The third-order valence-corrected chi connectivity index (χ3v) is 6.30. The average Bonchev–Trinajstić information content (AvgIpc) is 3.45. The number of carbonyl (C=O) groups is 1. The van der Waals surface area contributed by atoms with Crippen molar-refractivity contribution in [3.63, 3.8) is 0 Å². The van der Waals surface area contributed by atoms with Crippen LogP contribution in [0.4, 0.5) is 5.95 Å². The van der Waals surface area contributed by atoms with Crippen LogP contribution in [0, 0.1) is 0 Å². The molecule has 0 saturated carbocycles. The number of fused-ring (bicyclic) bond motifs is 3. The number of hydrogen-bond donors (Lipinski definition) is 1. The molecule has 0 unspecified atom stereocenters. The van der Waals surface area contributed by atoms with Gasteiger partial charge in [0.2, 0.25) is 5.95 Å². The lowest BCUT2D eigenvalue weighted by Gasteiger charge is -2.35. The standard InChI is InChI=1S/C25H21N3O3/c1-30-17-10-8-15(9-11-17)16-13-19-23(21(29)14-16)24(22-7-4-12-31-22)28-20-6-3-2-5-18(20)26-25(28)27-19/h2-12,16,24H,13-14H2,1H3,(H,26,27)/t16-,24+/m0/s1. The molecule has 0 amide bonds. The van der Waals surface area contributed by atoms with E-state index < -0.39 is 0 Å². The van der Waals surface area contributed by atoms with E-state index in [9.17, 15) is 4.79 Å². The van der Waals surface area contributed by atoms with Gasteiger partial charge in [-0.2, -0.15) is 0 Å². The molecule has 1 N–H and O–H groups in total. The van der Waals surface area contributed by atoms with E-state index in [1.807, 2.05) is 60.7 Å². The van der Waals surface area contributed by atoms with Gasteiger partial charge in [0.1, 0.15) is 17.6 Å². The topological polar surface area (TPSA) is 69.3 Å². The van der Waals surface area contributed by atoms with Crippen molar-refractivity contribution in [2.75, 3.05) is 12.4 Å². The van der Waals surface area contributed by atoms with Crippen LogP contribution in [0.15, 0.2) is 82.6 Å². The largest absolute Gasteiger partial charge is 0.497 e. The maximum Gasteiger partial charge on any atom is 0.209 e. The van der Waals surface area contributed by atoms with Crippen molar-refractivity contribution in [3.8, 4) is 5.75 Å². The number of aromatic nitrogens is 2. The zero-order chi connectivity index (χ0) is 20.9. The second-order valence-corrected chi connectivity index (χ2v) is 8.03. The molecule has 0 radical (unpaired) electrons. The number of allylic oxidation sites excluding steroid dienone is 2. The summed E-state index contributed by atoms with van der Waals surface area (Å²) >= 11 is 0. The van der Waals surface area contributed by atoms with Gasteiger partial charge in [-0.1, -0.05) is 24.3 Å². The van der Waals surface area contributed by atoms with E-state index >= 15 is 0 Å². The number of nitrogens with one attached hydrogen (secondary N) is 1. The van der Waals surface area contributed by atoms with Crippen LogP contribution in [0.25, 0.3) is 11.0 Å². The first-order valence-corrected chi connectivity index (χ1v) is 10.4. The van der Waals surface area contributed by atoms with Gasteiger partial charge in [0.15, 0.2) is 5.78 Å². The Morgan fingerprint density at radius 3 is 2.68 bits per heavy atom.